The van der Waals surface area contributed by atoms with Crippen LogP contribution in [0.4, 0.5) is 16.2 Å². The zero-order chi connectivity index (χ0) is 20.8. The summed E-state index contributed by atoms with van der Waals surface area (Å²) < 4.78 is 0. The van der Waals surface area contributed by atoms with Crippen LogP contribution in [0.1, 0.15) is 34.3 Å². The van der Waals surface area contributed by atoms with Gasteiger partial charge in [0.05, 0.1) is 0 Å². The summed E-state index contributed by atoms with van der Waals surface area (Å²) in [4.78, 5) is 35.9. The predicted octanol–water partition coefficient (Wildman–Crippen LogP) is 3.20. The molecule has 0 radical (unpaired) electrons. The fraction of sp³-hybridized carbons (Fsp3) is 0.318. The first-order valence-electron chi connectivity index (χ1n) is 9.73. The SMILES string of the molecule is Cc1ccc(C)c(NC(=O)Nc2ccc(C(=O)NCCNC(=O)C3CC3)cc2)c1. The lowest BCUT2D eigenvalue weighted by atomic mass is 10.1. The third-order valence-corrected chi connectivity index (χ3v) is 4.70. The van der Waals surface area contributed by atoms with E-state index < -0.39 is 0 Å². The molecule has 0 spiro atoms. The molecule has 1 fully saturated rings. The lowest BCUT2D eigenvalue weighted by molar-refractivity contribution is -0.122. The van der Waals surface area contributed by atoms with Crippen molar-refractivity contribution in [1.82, 2.24) is 10.6 Å². The topological polar surface area (TPSA) is 99.3 Å². The first-order valence-corrected chi connectivity index (χ1v) is 9.73. The molecule has 2 aromatic carbocycles. The van der Waals surface area contributed by atoms with E-state index in [1.54, 1.807) is 24.3 Å². The van der Waals surface area contributed by atoms with E-state index in [4.69, 9.17) is 0 Å². The molecule has 7 heteroatoms. The largest absolute Gasteiger partial charge is 0.354 e. The second-order valence-corrected chi connectivity index (χ2v) is 7.30. The van der Waals surface area contributed by atoms with Gasteiger partial charge in [-0.2, -0.15) is 0 Å². The van der Waals surface area contributed by atoms with Gasteiger partial charge in [0.25, 0.3) is 5.91 Å². The third-order valence-electron chi connectivity index (χ3n) is 4.70. The summed E-state index contributed by atoms with van der Waals surface area (Å²) in [6, 6.07) is 12.1. The highest BCUT2D eigenvalue weighted by Crippen LogP contribution is 2.28. The van der Waals surface area contributed by atoms with Crippen LogP contribution in [0.5, 0.6) is 0 Å². The Morgan fingerprint density at radius 2 is 1.59 bits per heavy atom. The molecule has 0 atom stereocenters. The van der Waals surface area contributed by atoms with Gasteiger partial charge in [-0.3, -0.25) is 9.59 Å². The van der Waals surface area contributed by atoms with Crippen LogP contribution in [0.3, 0.4) is 0 Å². The van der Waals surface area contributed by atoms with Crippen molar-refractivity contribution in [3.8, 4) is 0 Å². The lowest BCUT2D eigenvalue weighted by Crippen LogP contribution is -2.35. The lowest BCUT2D eigenvalue weighted by Gasteiger charge is -2.11. The summed E-state index contributed by atoms with van der Waals surface area (Å²) in [6.07, 6.45) is 1.92. The number of benzene rings is 2. The summed E-state index contributed by atoms with van der Waals surface area (Å²) in [5.74, 6) is 0.00337. The molecule has 0 aliphatic heterocycles. The molecule has 1 aliphatic rings. The molecule has 1 aliphatic carbocycles. The number of amides is 4. The number of carbonyl (C=O) groups excluding carboxylic acids is 3. The van der Waals surface area contributed by atoms with E-state index >= 15 is 0 Å². The summed E-state index contributed by atoms with van der Waals surface area (Å²) in [5, 5.41) is 11.2. The first-order chi connectivity index (χ1) is 13.9. The number of hydrogen-bond donors (Lipinski definition) is 4. The van der Waals surface area contributed by atoms with Crippen LogP contribution in [-0.2, 0) is 4.79 Å². The van der Waals surface area contributed by atoms with E-state index in [-0.39, 0.29) is 23.8 Å². The second-order valence-electron chi connectivity index (χ2n) is 7.30. The van der Waals surface area contributed by atoms with Crippen LogP contribution in [-0.4, -0.2) is 30.9 Å². The van der Waals surface area contributed by atoms with Crippen LogP contribution in [0.25, 0.3) is 0 Å². The maximum atomic E-state index is 12.2. The number of urea groups is 1. The van der Waals surface area contributed by atoms with Crippen LogP contribution >= 0.6 is 0 Å². The molecule has 7 nitrogen and oxygen atoms in total. The van der Waals surface area contributed by atoms with Crippen molar-refractivity contribution >= 4 is 29.2 Å². The summed E-state index contributed by atoms with van der Waals surface area (Å²) in [7, 11) is 0. The molecule has 3 rings (SSSR count). The first kappa shape index (κ1) is 20.4. The van der Waals surface area contributed by atoms with Crippen LogP contribution < -0.4 is 21.3 Å². The standard InChI is InChI=1S/C22H26N4O3/c1-14-3-4-15(2)19(13-14)26-22(29)25-18-9-7-17(8-10-18)21(28)24-12-11-23-20(27)16-5-6-16/h3-4,7-10,13,16H,5-6,11-12H2,1-2H3,(H,23,27)(H,24,28)(H2,25,26,29). The summed E-state index contributed by atoms with van der Waals surface area (Å²) >= 11 is 0. The molecule has 0 aromatic heterocycles. The van der Waals surface area contributed by atoms with Gasteiger partial charge < -0.3 is 21.3 Å². The van der Waals surface area contributed by atoms with Crippen LogP contribution in [0.15, 0.2) is 42.5 Å². The summed E-state index contributed by atoms with van der Waals surface area (Å²) in [6.45, 7) is 4.68. The third kappa shape index (κ3) is 6.07. The maximum absolute atomic E-state index is 12.2. The van der Waals surface area contributed by atoms with Gasteiger partial charge in [0.15, 0.2) is 0 Å². The highest BCUT2D eigenvalue weighted by atomic mass is 16.2. The number of anilines is 2. The van der Waals surface area contributed by atoms with Crippen LogP contribution in [0, 0.1) is 19.8 Å². The van der Waals surface area contributed by atoms with E-state index in [0.29, 0.717) is 24.3 Å². The fourth-order valence-electron chi connectivity index (χ4n) is 2.81. The highest BCUT2D eigenvalue weighted by molar-refractivity contribution is 6.01. The molecule has 0 bridgehead atoms. The number of carbonyl (C=O) groups is 3. The minimum atomic E-state index is -0.345. The van der Waals surface area contributed by atoms with Crippen molar-refractivity contribution in [1.29, 1.82) is 0 Å². The predicted molar refractivity (Wildman–Crippen MR) is 113 cm³/mol. The van der Waals surface area contributed by atoms with Crippen molar-refractivity contribution < 1.29 is 14.4 Å². The molecule has 29 heavy (non-hydrogen) atoms. The van der Waals surface area contributed by atoms with Gasteiger partial charge in [-0.1, -0.05) is 12.1 Å². The molecule has 152 valence electrons. The number of aryl methyl sites for hydroxylation is 2. The van der Waals surface area contributed by atoms with E-state index in [9.17, 15) is 14.4 Å². The van der Waals surface area contributed by atoms with Gasteiger partial charge in [-0.05, 0) is 68.1 Å². The zero-order valence-electron chi connectivity index (χ0n) is 16.7. The van der Waals surface area contributed by atoms with Gasteiger partial charge >= 0.3 is 6.03 Å². The highest BCUT2D eigenvalue weighted by Gasteiger charge is 2.28. The Bertz CT molecular complexity index is 905. The quantitative estimate of drug-likeness (QED) is 0.543. The number of hydrogen-bond acceptors (Lipinski definition) is 3. The maximum Gasteiger partial charge on any atom is 0.323 e. The van der Waals surface area contributed by atoms with Gasteiger partial charge in [0.2, 0.25) is 5.91 Å². The molecule has 4 amide bonds. The molecular formula is C22H26N4O3. The molecular weight excluding hydrogens is 368 g/mol. The zero-order valence-corrected chi connectivity index (χ0v) is 16.7. The second kappa shape index (κ2) is 9.23. The smallest absolute Gasteiger partial charge is 0.323 e. The molecule has 2 aromatic rings. The van der Waals surface area contributed by atoms with Crippen molar-refractivity contribution in [3.05, 3.63) is 59.2 Å². The average Bonchev–Trinajstić information content (AvgIpc) is 3.53. The number of rotatable bonds is 7. The van der Waals surface area contributed by atoms with Gasteiger partial charge in [0, 0.05) is 35.9 Å². The van der Waals surface area contributed by atoms with Crippen molar-refractivity contribution in [3.63, 3.8) is 0 Å². The molecule has 0 unspecified atom stereocenters. The Hall–Kier alpha value is -3.35. The normalized spacial score (nSPS) is 12.8. The van der Waals surface area contributed by atoms with E-state index in [2.05, 4.69) is 21.3 Å². The van der Waals surface area contributed by atoms with Crippen molar-refractivity contribution in [2.75, 3.05) is 23.7 Å². The van der Waals surface area contributed by atoms with Gasteiger partial charge in [0.1, 0.15) is 0 Å². The Balaban J connectivity index is 1.45. The average molecular weight is 394 g/mol. The minimum absolute atomic E-state index is 0.0637. The van der Waals surface area contributed by atoms with E-state index in [1.807, 2.05) is 32.0 Å². The monoisotopic (exact) mass is 394 g/mol. The van der Waals surface area contributed by atoms with E-state index in [0.717, 1.165) is 29.7 Å². The molecule has 0 heterocycles. The van der Waals surface area contributed by atoms with Gasteiger partial charge in [-0.15, -0.1) is 0 Å². The minimum Gasteiger partial charge on any atom is -0.354 e. The number of nitrogens with one attached hydrogen (secondary N) is 4. The van der Waals surface area contributed by atoms with Crippen molar-refractivity contribution in [2.24, 2.45) is 5.92 Å². The fourth-order valence-corrected chi connectivity index (χ4v) is 2.81. The molecule has 1 saturated carbocycles. The Labute approximate surface area is 170 Å². The van der Waals surface area contributed by atoms with Gasteiger partial charge in [-0.25, -0.2) is 4.79 Å². The Morgan fingerprint density at radius 3 is 2.28 bits per heavy atom. The Kier molecular flexibility index (Phi) is 6.49. The molecule has 4 N–H and O–H groups in total. The summed E-state index contributed by atoms with van der Waals surface area (Å²) in [5.41, 5.74) is 3.87. The van der Waals surface area contributed by atoms with Crippen LogP contribution in [0.2, 0.25) is 0 Å². The Morgan fingerprint density at radius 1 is 0.897 bits per heavy atom. The van der Waals surface area contributed by atoms with Crippen molar-refractivity contribution in [2.45, 2.75) is 26.7 Å². The van der Waals surface area contributed by atoms with E-state index in [1.165, 1.54) is 0 Å². The molecule has 0 saturated heterocycles.